The molecule has 0 atom stereocenters. The molecule has 150 valence electrons. The van der Waals surface area contributed by atoms with E-state index in [1.165, 1.54) is 11.9 Å². The monoisotopic (exact) mass is 420 g/mol. The van der Waals surface area contributed by atoms with Crippen LogP contribution in [0.3, 0.4) is 0 Å². The molecule has 1 saturated heterocycles. The molecule has 1 heterocycles. The molecule has 0 amide bonds. The summed E-state index contributed by atoms with van der Waals surface area (Å²) in [5.41, 5.74) is 3.41. The number of anilines is 2. The first-order valence-electron chi connectivity index (χ1n) is 9.38. The largest absolute Gasteiger partial charge is 0.478 e. The van der Waals surface area contributed by atoms with Gasteiger partial charge in [0.1, 0.15) is 6.17 Å². The van der Waals surface area contributed by atoms with Gasteiger partial charge in [-0.3, -0.25) is 0 Å². The molecule has 0 radical (unpaired) electrons. The Hall–Kier alpha value is -1.86. The third kappa shape index (κ3) is 4.94. The van der Waals surface area contributed by atoms with Gasteiger partial charge in [0.2, 0.25) is 0 Å². The number of carbonyl (C=O) groups is 1. The van der Waals surface area contributed by atoms with E-state index in [0.717, 1.165) is 33.2 Å². The number of thioether (sulfide) groups is 1. The van der Waals surface area contributed by atoms with Crippen molar-refractivity contribution in [2.45, 2.75) is 42.1 Å². The van der Waals surface area contributed by atoms with E-state index >= 15 is 0 Å². The van der Waals surface area contributed by atoms with Crippen molar-refractivity contribution in [3.63, 3.8) is 0 Å². The van der Waals surface area contributed by atoms with Crippen LogP contribution in [0.4, 0.5) is 15.8 Å². The normalized spacial score (nSPS) is 14.9. The first-order chi connectivity index (χ1) is 13.5. The number of piperidine rings is 1. The smallest absolute Gasteiger partial charge is 0.335 e. The minimum Gasteiger partial charge on any atom is -0.478 e. The summed E-state index contributed by atoms with van der Waals surface area (Å²) < 4.78 is 17.0. The van der Waals surface area contributed by atoms with Crippen molar-refractivity contribution in [3.05, 3.63) is 47.5 Å². The van der Waals surface area contributed by atoms with Gasteiger partial charge < -0.3 is 14.7 Å². The molecule has 0 aromatic heterocycles. The number of carboxylic acid groups (broad SMARTS) is 1. The second kappa shape index (κ2) is 9.56. The molecule has 1 fully saturated rings. The molecule has 2 aromatic carbocycles. The van der Waals surface area contributed by atoms with Gasteiger partial charge in [0.25, 0.3) is 0 Å². The first-order valence-corrected chi connectivity index (χ1v) is 11.4. The summed E-state index contributed by atoms with van der Waals surface area (Å²) >= 11 is 3.10. The molecule has 0 unspecified atom stereocenters. The lowest BCUT2D eigenvalue weighted by atomic mass is 10.1. The van der Waals surface area contributed by atoms with E-state index in [-0.39, 0.29) is 5.56 Å². The SMILES string of the molecule is CCc1ccc(C(=O)O)cc1SNc1cc(SC)ccc1N1CCC(F)CC1. The molecular weight excluding hydrogens is 395 g/mol. The molecule has 1 aliphatic rings. The molecule has 2 aromatic rings. The van der Waals surface area contributed by atoms with Gasteiger partial charge >= 0.3 is 5.97 Å². The van der Waals surface area contributed by atoms with E-state index in [1.54, 1.807) is 23.9 Å². The van der Waals surface area contributed by atoms with E-state index in [9.17, 15) is 14.3 Å². The minimum absolute atomic E-state index is 0.282. The first kappa shape index (κ1) is 20.9. The average molecular weight is 421 g/mol. The van der Waals surface area contributed by atoms with Crippen LogP contribution in [0.1, 0.15) is 35.7 Å². The van der Waals surface area contributed by atoms with E-state index in [1.807, 2.05) is 12.3 Å². The van der Waals surface area contributed by atoms with Gasteiger partial charge in [-0.1, -0.05) is 13.0 Å². The molecule has 7 heteroatoms. The maximum absolute atomic E-state index is 13.6. The Kier molecular flexibility index (Phi) is 7.13. The van der Waals surface area contributed by atoms with Crippen molar-refractivity contribution in [2.24, 2.45) is 0 Å². The van der Waals surface area contributed by atoms with Crippen molar-refractivity contribution >= 4 is 41.1 Å². The molecule has 1 aliphatic heterocycles. The van der Waals surface area contributed by atoms with Gasteiger partial charge in [-0.05, 0) is 73.4 Å². The second-order valence-electron chi connectivity index (χ2n) is 6.73. The van der Waals surface area contributed by atoms with Crippen molar-refractivity contribution in [2.75, 3.05) is 29.0 Å². The number of hydrogen-bond acceptors (Lipinski definition) is 5. The summed E-state index contributed by atoms with van der Waals surface area (Å²) in [4.78, 5) is 15.6. The number of halogens is 1. The zero-order chi connectivity index (χ0) is 20.1. The lowest BCUT2D eigenvalue weighted by molar-refractivity contribution is 0.0696. The molecule has 0 spiro atoms. The van der Waals surface area contributed by atoms with Crippen LogP contribution >= 0.6 is 23.7 Å². The van der Waals surface area contributed by atoms with E-state index in [4.69, 9.17) is 0 Å². The fourth-order valence-corrected chi connectivity index (χ4v) is 4.63. The molecule has 4 nitrogen and oxygen atoms in total. The summed E-state index contributed by atoms with van der Waals surface area (Å²) in [6.45, 7) is 3.46. The summed E-state index contributed by atoms with van der Waals surface area (Å²) in [5.74, 6) is -0.927. The number of rotatable bonds is 7. The van der Waals surface area contributed by atoms with Crippen molar-refractivity contribution < 1.29 is 14.3 Å². The topological polar surface area (TPSA) is 52.6 Å². The molecule has 3 rings (SSSR count). The Morgan fingerprint density at radius 2 is 2.00 bits per heavy atom. The Bertz CT molecular complexity index is 839. The fourth-order valence-electron chi connectivity index (χ4n) is 3.27. The van der Waals surface area contributed by atoms with Crippen LogP contribution in [-0.2, 0) is 6.42 Å². The molecule has 0 bridgehead atoms. The highest BCUT2D eigenvalue weighted by Crippen LogP contribution is 2.36. The van der Waals surface area contributed by atoms with Gasteiger partial charge in [0.15, 0.2) is 0 Å². The standard InChI is InChI=1S/C21H25FN2O2S2/c1-3-14-4-5-15(21(25)26)12-20(14)28-23-18-13-17(27-2)6-7-19(18)24-10-8-16(22)9-11-24/h4-7,12-13,16,23H,3,8-11H2,1-2H3,(H,25,26). The van der Waals surface area contributed by atoms with E-state index in [2.05, 4.69) is 34.7 Å². The van der Waals surface area contributed by atoms with Crippen LogP contribution in [-0.4, -0.2) is 36.6 Å². The average Bonchev–Trinajstić information content (AvgIpc) is 2.72. The predicted molar refractivity (Wildman–Crippen MR) is 117 cm³/mol. The highest BCUT2D eigenvalue weighted by atomic mass is 32.2. The predicted octanol–water partition coefficient (Wildman–Crippen LogP) is 5.73. The van der Waals surface area contributed by atoms with Gasteiger partial charge in [-0.25, -0.2) is 9.18 Å². The maximum Gasteiger partial charge on any atom is 0.335 e. The highest BCUT2D eigenvalue weighted by molar-refractivity contribution is 8.00. The minimum atomic E-state index is -0.927. The Balaban J connectivity index is 1.85. The molecule has 28 heavy (non-hydrogen) atoms. The van der Waals surface area contributed by atoms with Crippen molar-refractivity contribution in [1.82, 2.24) is 0 Å². The third-order valence-corrected chi connectivity index (χ3v) is 6.58. The fraction of sp³-hybridized carbons (Fsp3) is 0.381. The van der Waals surface area contributed by atoms with E-state index < -0.39 is 12.1 Å². The lowest BCUT2D eigenvalue weighted by Gasteiger charge is -2.32. The molecular formula is C21H25FN2O2S2. The Morgan fingerprint density at radius 3 is 2.64 bits per heavy atom. The number of hydrogen-bond donors (Lipinski definition) is 2. The molecule has 0 saturated carbocycles. The van der Waals surface area contributed by atoms with Crippen LogP contribution in [0, 0.1) is 0 Å². The van der Waals surface area contributed by atoms with Crippen LogP contribution < -0.4 is 9.62 Å². The lowest BCUT2D eigenvalue weighted by Crippen LogP contribution is -2.34. The van der Waals surface area contributed by atoms with Crippen LogP contribution in [0.5, 0.6) is 0 Å². The number of carboxylic acids is 1. The van der Waals surface area contributed by atoms with Gasteiger partial charge in [0, 0.05) is 22.9 Å². The van der Waals surface area contributed by atoms with Crippen molar-refractivity contribution in [3.8, 4) is 0 Å². The molecule has 2 N–H and O–H groups in total. The second-order valence-corrected chi connectivity index (χ2v) is 8.46. The number of benzene rings is 2. The highest BCUT2D eigenvalue weighted by Gasteiger charge is 2.21. The number of nitrogens with zero attached hydrogens (tertiary/aromatic N) is 1. The zero-order valence-electron chi connectivity index (χ0n) is 16.1. The van der Waals surface area contributed by atoms with E-state index in [0.29, 0.717) is 25.9 Å². The quantitative estimate of drug-likeness (QED) is 0.441. The van der Waals surface area contributed by atoms with Gasteiger partial charge in [-0.2, -0.15) is 0 Å². The number of alkyl halides is 1. The summed E-state index contributed by atoms with van der Waals surface area (Å²) in [7, 11) is 0. The van der Waals surface area contributed by atoms with Crippen molar-refractivity contribution in [1.29, 1.82) is 0 Å². The van der Waals surface area contributed by atoms with Crippen LogP contribution in [0.15, 0.2) is 46.2 Å². The summed E-state index contributed by atoms with van der Waals surface area (Å²) in [6, 6.07) is 11.5. The van der Waals surface area contributed by atoms with Gasteiger partial charge in [0.05, 0.1) is 16.9 Å². The van der Waals surface area contributed by atoms with Gasteiger partial charge in [-0.15, -0.1) is 11.8 Å². The Morgan fingerprint density at radius 1 is 1.25 bits per heavy atom. The van der Waals surface area contributed by atoms with Crippen LogP contribution in [0.25, 0.3) is 0 Å². The number of nitrogens with one attached hydrogen (secondary N) is 1. The summed E-state index contributed by atoms with van der Waals surface area (Å²) in [5, 5.41) is 9.29. The summed E-state index contributed by atoms with van der Waals surface area (Å²) in [6.07, 6.45) is 3.26. The number of aromatic carboxylic acids is 1. The molecule has 0 aliphatic carbocycles. The zero-order valence-corrected chi connectivity index (χ0v) is 17.7. The third-order valence-electron chi connectivity index (χ3n) is 4.93. The Labute approximate surface area is 174 Å². The number of aryl methyl sites for hydroxylation is 1. The maximum atomic E-state index is 13.6. The van der Waals surface area contributed by atoms with Crippen LogP contribution in [0.2, 0.25) is 0 Å².